The van der Waals surface area contributed by atoms with Gasteiger partial charge in [-0.05, 0) is 55.8 Å². The van der Waals surface area contributed by atoms with E-state index in [1.807, 2.05) is 37.4 Å². The molecule has 29 heavy (non-hydrogen) atoms. The minimum absolute atomic E-state index is 0.0193. The minimum atomic E-state index is -0.304. The number of fused-ring (bicyclic) bond motifs is 1. The molecule has 8 heteroatoms. The third kappa shape index (κ3) is 4.12. The van der Waals surface area contributed by atoms with Crippen LogP contribution in [0.25, 0.3) is 11.3 Å². The molecule has 3 aromatic rings. The molecule has 0 saturated heterocycles. The molecule has 1 N–H and O–H groups in total. The minimum Gasteiger partial charge on any atom is -0.482 e. The van der Waals surface area contributed by atoms with Crippen LogP contribution in [0.2, 0.25) is 0 Å². The topological polar surface area (TPSA) is 68.0 Å². The van der Waals surface area contributed by atoms with Gasteiger partial charge >= 0.3 is 0 Å². The lowest BCUT2D eigenvalue weighted by Crippen LogP contribution is -2.25. The molecule has 6 nitrogen and oxygen atoms in total. The first-order valence-corrected chi connectivity index (χ1v) is 10.0. The average Bonchev–Trinajstić information content (AvgIpc) is 3.11. The van der Waals surface area contributed by atoms with Gasteiger partial charge in [-0.1, -0.05) is 6.92 Å². The summed E-state index contributed by atoms with van der Waals surface area (Å²) in [5.41, 5.74) is 3.93. The molecule has 2 heterocycles. The second kappa shape index (κ2) is 8.00. The third-order valence-electron chi connectivity index (χ3n) is 4.43. The highest BCUT2D eigenvalue weighted by molar-refractivity contribution is 7.07. The highest BCUT2D eigenvalue weighted by Gasteiger charge is 2.18. The molecular weight excluding hydrogens is 391 g/mol. The zero-order valence-corrected chi connectivity index (χ0v) is 16.8. The molecule has 1 amide bonds. The summed E-state index contributed by atoms with van der Waals surface area (Å²) in [6, 6.07) is 11.6. The summed E-state index contributed by atoms with van der Waals surface area (Å²) in [6.45, 7) is 4.01. The summed E-state index contributed by atoms with van der Waals surface area (Å²) >= 11 is 1.44. The molecular formula is C21H19FN4O2S. The third-order valence-corrected chi connectivity index (χ3v) is 5.24. The summed E-state index contributed by atoms with van der Waals surface area (Å²) in [4.78, 5) is 16.9. The average molecular weight is 410 g/mol. The van der Waals surface area contributed by atoms with Crippen molar-refractivity contribution < 1.29 is 13.9 Å². The zero-order chi connectivity index (χ0) is 20.4. The normalized spacial score (nSPS) is 14.4. The molecule has 0 fully saturated rings. The van der Waals surface area contributed by atoms with Gasteiger partial charge in [0.1, 0.15) is 11.6 Å². The van der Waals surface area contributed by atoms with Crippen LogP contribution in [-0.2, 0) is 4.79 Å². The van der Waals surface area contributed by atoms with E-state index in [-0.39, 0.29) is 18.3 Å². The molecule has 0 spiro atoms. The van der Waals surface area contributed by atoms with Gasteiger partial charge < -0.3 is 10.1 Å². The fourth-order valence-corrected chi connectivity index (χ4v) is 3.63. The fraction of sp³-hybridized carbons (Fsp3) is 0.190. The van der Waals surface area contributed by atoms with E-state index in [2.05, 4.69) is 10.3 Å². The number of carbonyl (C=O) groups excluding carboxylic acids is 1. The van der Waals surface area contributed by atoms with Crippen LogP contribution < -0.4 is 14.9 Å². The number of nitrogens with one attached hydrogen (secondary N) is 1. The summed E-state index contributed by atoms with van der Waals surface area (Å²) in [7, 11) is 0. The van der Waals surface area contributed by atoms with Gasteiger partial charge in [-0.3, -0.25) is 4.79 Å². The van der Waals surface area contributed by atoms with Gasteiger partial charge in [-0.25, -0.2) is 14.1 Å². The highest BCUT2D eigenvalue weighted by atomic mass is 32.1. The van der Waals surface area contributed by atoms with Crippen LogP contribution in [0.3, 0.4) is 0 Å². The van der Waals surface area contributed by atoms with Gasteiger partial charge in [-0.15, -0.1) is 11.3 Å². The maximum absolute atomic E-state index is 13.2. The van der Waals surface area contributed by atoms with Crippen molar-refractivity contribution in [2.75, 3.05) is 11.9 Å². The molecule has 1 aliphatic heterocycles. The van der Waals surface area contributed by atoms with Crippen LogP contribution in [0.15, 0.2) is 57.9 Å². The van der Waals surface area contributed by atoms with Crippen molar-refractivity contribution in [1.82, 2.24) is 4.68 Å². The first kappa shape index (κ1) is 19.1. The lowest BCUT2D eigenvalue weighted by atomic mass is 10.1. The van der Waals surface area contributed by atoms with E-state index >= 15 is 0 Å². The van der Waals surface area contributed by atoms with Crippen molar-refractivity contribution in [1.29, 1.82) is 0 Å². The molecule has 4 rings (SSSR count). The maximum Gasteiger partial charge on any atom is 0.262 e. The van der Waals surface area contributed by atoms with E-state index in [4.69, 9.17) is 9.84 Å². The first-order chi connectivity index (χ1) is 14.0. The van der Waals surface area contributed by atoms with Crippen LogP contribution in [0.5, 0.6) is 5.75 Å². The Labute approximate surface area is 171 Å². The molecule has 2 aromatic carbocycles. The number of anilines is 1. The predicted octanol–water partition coefficient (Wildman–Crippen LogP) is 4.55. The van der Waals surface area contributed by atoms with Gasteiger partial charge in [0, 0.05) is 16.7 Å². The molecule has 0 unspecified atom stereocenters. The number of halogens is 1. The smallest absolute Gasteiger partial charge is 0.262 e. The number of rotatable bonds is 4. The van der Waals surface area contributed by atoms with Gasteiger partial charge in [-0.2, -0.15) is 5.10 Å². The second-order valence-corrected chi connectivity index (χ2v) is 7.38. The van der Waals surface area contributed by atoms with Crippen molar-refractivity contribution >= 4 is 34.3 Å². The van der Waals surface area contributed by atoms with Crippen molar-refractivity contribution in [2.45, 2.75) is 20.3 Å². The second-order valence-electron chi connectivity index (χ2n) is 6.54. The fourth-order valence-electron chi connectivity index (χ4n) is 2.78. The molecule has 0 radical (unpaired) electrons. The molecule has 1 aliphatic rings. The molecule has 0 atom stereocenters. The Morgan fingerprint density at radius 1 is 1.28 bits per heavy atom. The predicted molar refractivity (Wildman–Crippen MR) is 112 cm³/mol. The van der Waals surface area contributed by atoms with Gasteiger partial charge in [0.05, 0.1) is 17.1 Å². The van der Waals surface area contributed by atoms with E-state index in [9.17, 15) is 9.18 Å². The summed E-state index contributed by atoms with van der Waals surface area (Å²) in [5, 5.41) is 9.50. The quantitative estimate of drug-likeness (QED) is 0.641. The largest absolute Gasteiger partial charge is 0.482 e. The van der Waals surface area contributed by atoms with Gasteiger partial charge in [0.15, 0.2) is 6.61 Å². The van der Waals surface area contributed by atoms with E-state index < -0.39 is 0 Å². The van der Waals surface area contributed by atoms with Gasteiger partial charge in [0.25, 0.3) is 5.91 Å². The summed E-state index contributed by atoms with van der Waals surface area (Å²) in [6.07, 6.45) is 0.798. The first-order valence-electron chi connectivity index (χ1n) is 9.16. The van der Waals surface area contributed by atoms with Crippen LogP contribution in [-0.4, -0.2) is 22.9 Å². The maximum atomic E-state index is 13.2. The van der Waals surface area contributed by atoms with Crippen molar-refractivity contribution in [3.05, 3.63) is 58.5 Å². The molecule has 0 saturated carbocycles. The number of thiazole rings is 1. The Morgan fingerprint density at radius 3 is 2.83 bits per heavy atom. The molecule has 1 aromatic heterocycles. The number of amides is 1. The SMILES string of the molecule is CCC(C)=Nn1c(-c2ccc3c(c2)NC(=O)CO3)csc1=Nc1ccc(F)cc1. The van der Waals surface area contributed by atoms with E-state index in [0.29, 0.717) is 21.9 Å². The Bertz CT molecular complexity index is 1160. The van der Waals surface area contributed by atoms with E-state index in [1.165, 1.54) is 23.5 Å². The number of nitrogens with zero attached hydrogens (tertiary/aromatic N) is 3. The highest BCUT2D eigenvalue weighted by Crippen LogP contribution is 2.33. The monoisotopic (exact) mass is 410 g/mol. The number of ether oxygens (including phenoxy) is 1. The van der Waals surface area contributed by atoms with Crippen LogP contribution in [0.1, 0.15) is 20.3 Å². The number of carbonyl (C=O) groups is 1. The Kier molecular flexibility index (Phi) is 5.26. The van der Waals surface area contributed by atoms with E-state index in [1.54, 1.807) is 16.8 Å². The van der Waals surface area contributed by atoms with Crippen LogP contribution in [0.4, 0.5) is 15.8 Å². The summed E-state index contributed by atoms with van der Waals surface area (Å²) in [5.74, 6) is 0.154. The Balaban J connectivity index is 1.84. The number of hydrogen-bond donors (Lipinski definition) is 1. The number of benzene rings is 2. The standard InChI is InChI=1S/C21H19FN4O2S/c1-3-13(2)25-26-18(12-29-21(26)23-16-7-5-15(22)6-8-16)14-4-9-19-17(10-14)24-20(27)11-28-19/h4-10,12H,3,11H2,1-2H3,(H,24,27). The molecule has 0 bridgehead atoms. The van der Waals surface area contributed by atoms with E-state index in [0.717, 1.165) is 23.4 Å². The zero-order valence-electron chi connectivity index (χ0n) is 16.0. The molecule has 0 aliphatic carbocycles. The summed E-state index contributed by atoms with van der Waals surface area (Å²) < 4.78 is 20.4. The molecule has 148 valence electrons. The lowest BCUT2D eigenvalue weighted by Gasteiger charge is -2.18. The number of aromatic nitrogens is 1. The van der Waals surface area contributed by atoms with Crippen LogP contribution >= 0.6 is 11.3 Å². The van der Waals surface area contributed by atoms with Crippen molar-refractivity contribution in [3.8, 4) is 17.0 Å². The Hall–Kier alpha value is -3.26. The lowest BCUT2D eigenvalue weighted by molar-refractivity contribution is -0.118. The van der Waals surface area contributed by atoms with Crippen LogP contribution in [0, 0.1) is 5.82 Å². The Morgan fingerprint density at radius 2 is 2.07 bits per heavy atom. The van der Waals surface area contributed by atoms with Crippen molar-refractivity contribution in [3.63, 3.8) is 0 Å². The van der Waals surface area contributed by atoms with Gasteiger partial charge in [0.2, 0.25) is 4.80 Å². The number of hydrogen-bond acceptors (Lipinski definition) is 5. The van der Waals surface area contributed by atoms with Crippen molar-refractivity contribution in [2.24, 2.45) is 10.1 Å².